The Bertz CT molecular complexity index is 533. The van der Waals surface area contributed by atoms with Gasteiger partial charge in [0.25, 0.3) is 0 Å². The molecular weight excluding hydrogens is 231 g/mol. The molecule has 0 radical (unpaired) electrons. The van der Waals surface area contributed by atoms with Crippen molar-refractivity contribution in [2.45, 2.75) is 20.0 Å². The lowest BCUT2D eigenvalue weighted by Crippen LogP contribution is -1.99. The van der Waals surface area contributed by atoms with Crippen molar-refractivity contribution >= 4 is 0 Å². The van der Waals surface area contributed by atoms with Gasteiger partial charge in [-0.1, -0.05) is 23.8 Å². The van der Waals surface area contributed by atoms with E-state index in [2.05, 4.69) is 0 Å². The molecular formula is C15H15FO2. The topological polar surface area (TPSA) is 29.5 Å². The third kappa shape index (κ3) is 2.68. The fourth-order valence-corrected chi connectivity index (χ4v) is 1.74. The molecule has 0 aliphatic rings. The smallest absolute Gasteiger partial charge is 0.136 e. The van der Waals surface area contributed by atoms with Crippen molar-refractivity contribution in [2.75, 3.05) is 0 Å². The zero-order valence-corrected chi connectivity index (χ0v) is 10.4. The average molecular weight is 246 g/mol. The number of benzene rings is 2. The molecule has 2 rings (SSSR count). The van der Waals surface area contributed by atoms with Crippen molar-refractivity contribution in [3.8, 4) is 11.5 Å². The van der Waals surface area contributed by atoms with Gasteiger partial charge in [-0.3, -0.25) is 0 Å². The highest BCUT2D eigenvalue weighted by atomic mass is 19.1. The van der Waals surface area contributed by atoms with Gasteiger partial charge >= 0.3 is 0 Å². The van der Waals surface area contributed by atoms with Gasteiger partial charge in [0.1, 0.15) is 17.3 Å². The maximum atomic E-state index is 13.6. The predicted molar refractivity (Wildman–Crippen MR) is 68.3 cm³/mol. The molecule has 2 nitrogen and oxygen atoms in total. The molecule has 18 heavy (non-hydrogen) atoms. The molecule has 1 atom stereocenters. The second-order valence-electron chi connectivity index (χ2n) is 4.24. The molecule has 94 valence electrons. The highest BCUT2D eigenvalue weighted by Gasteiger charge is 2.15. The summed E-state index contributed by atoms with van der Waals surface area (Å²) in [6.07, 6.45) is -0.911. The lowest BCUT2D eigenvalue weighted by atomic mass is 10.1. The van der Waals surface area contributed by atoms with Crippen LogP contribution in [0.3, 0.4) is 0 Å². The number of ether oxygens (including phenoxy) is 1. The molecule has 3 heteroatoms. The minimum Gasteiger partial charge on any atom is -0.457 e. The number of aliphatic hydroxyl groups is 1. The third-order valence-corrected chi connectivity index (χ3v) is 2.68. The Morgan fingerprint density at radius 1 is 1.11 bits per heavy atom. The zero-order valence-electron chi connectivity index (χ0n) is 10.4. The summed E-state index contributed by atoms with van der Waals surface area (Å²) in [5.41, 5.74) is 1.30. The van der Waals surface area contributed by atoms with E-state index >= 15 is 0 Å². The molecule has 1 N–H and O–H groups in total. The summed E-state index contributed by atoms with van der Waals surface area (Å²) in [5.74, 6) is 0.497. The summed E-state index contributed by atoms with van der Waals surface area (Å²) in [4.78, 5) is 0. The lowest BCUT2D eigenvalue weighted by molar-refractivity contribution is 0.190. The van der Waals surface area contributed by atoms with Gasteiger partial charge < -0.3 is 9.84 Å². The second-order valence-corrected chi connectivity index (χ2v) is 4.24. The van der Waals surface area contributed by atoms with E-state index in [0.29, 0.717) is 11.5 Å². The van der Waals surface area contributed by atoms with Crippen LogP contribution in [0.1, 0.15) is 24.2 Å². The fourth-order valence-electron chi connectivity index (χ4n) is 1.74. The Morgan fingerprint density at radius 3 is 2.39 bits per heavy atom. The van der Waals surface area contributed by atoms with Crippen LogP contribution < -0.4 is 4.74 Å². The molecule has 0 aromatic heterocycles. The SMILES string of the molecule is Cc1ccc(Oc2cccc(F)c2C(C)O)cc1. The largest absolute Gasteiger partial charge is 0.457 e. The Hall–Kier alpha value is -1.87. The first-order valence-corrected chi connectivity index (χ1v) is 5.79. The van der Waals surface area contributed by atoms with Gasteiger partial charge in [0, 0.05) is 0 Å². The van der Waals surface area contributed by atoms with Gasteiger partial charge in [0.15, 0.2) is 0 Å². The first kappa shape index (κ1) is 12.6. The molecule has 0 heterocycles. The van der Waals surface area contributed by atoms with E-state index in [4.69, 9.17) is 4.74 Å². The number of hydrogen-bond acceptors (Lipinski definition) is 2. The highest BCUT2D eigenvalue weighted by Crippen LogP contribution is 2.31. The van der Waals surface area contributed by atoms with Crippen LogP contribution in [0.2, 0.25) is 0 Å². The first-order chi connectivity index (χ1) is 8.58. The monoisotopic (exact) mass is 246 g/mol. The van der Waals surface area contributed by atoms with Crippen molar-refractivity contribution in [3.63, 3.8) is 0 Å². The molecule has 0 saturated carbocycles. The van der Waals surface area contributed by atoms with Crippen LogP contribution in [0.15, 0.2) is 42.5 Å². The van der Waals surface area contributed by atoms with Crippen LogP contribution in [0.4, 0.5) is 4.39 Å². The molecule has 0 fully saturated rings. The van der Waals surface area contributed by atoms with Gasteiger partial charge in [0.2, 0.25) is 0 Å². The van der Waals surface area contributed by atoms with E-state index in [9.17, 15) is 9.50 Å². The molecule has 0 aliphatic heterocycles. The molecule has 0 amide bonds. The molecule has 0 aliphatic carbocycles. The van der Waals surface area contributed by atoms with Crippen molar-refractivity contribution in [2.24, 2.45) is 0 Å². The zero-order chi connectivity index (χ0) is 13.1. The van der Waals surface area contributed by atoms with Crippen LogP contribution in [-0.4, -0.2) is 5.11 Å². The number of halogens is 1. The molecule has 2 aromatic carbocycles. The van der Waals surface area contributed by atoms with E-state index in [-0.39, 0.29) is 5.56 Å². The normalized spacial score (nSPS) is 12.2. The molecule has 0 spiro atoms. The summed E-state index contributed by atoms with van der Waals surface area (Å²) >= 11 is 0. The van der Waals surface area contributed by atoms with E-state index in [1.54, 1.807) is 12.1 Å². The number of hydrogen-bond donors (Lipinski definition) is 1. The fraction of sp³-hybridized carbons (Fsp3) is 0.200. The van der Waals surface area contributed by atoms with Crippen molar-refractivity contribution in [1.82, 2.24) is 0 Å². The third-order valence-electron chi connectivity index (χ3n) is 2.68. The van der Waals surface area contributed by atoms with Gasteiger partial charge in [-0.25, -0.2) is 4.39 Å². The number of aryl methyl sites for hydroxylation is 1. The van der Waals surface area contributed by atoms with Crippen molar-refractivity contribution < 1.29 is 14.2 Å². The Kier molecular flexibility index (Phi) is 3.63. The van der Waals surface area contributed by atoms with Crippen LogP contribution in [0.5, 0.6) is 11.5 Å². The first-order valence-electron chi connectivity index (χ1n) is 5.79. The van der Waals surface area contributed by atoms with Crippen LogP contribution >= 0.6 is 0 Å². The van der Waals surface area contributed by atoms with Gasteiger partial charge in [-0.05, 0) is 38.1 Å². The van der Waals surface area contributed by atoms with Crippen LogP contribution in [0.25, 0.3) is 0 Å². The van der Waals surface area contributed by atoms with Gasteiger partial charge in [-0.15, -0.1) is 0 Å². The van der Waals surface area contributed by atoms with E-state index in [0.717, 1.165) is 5.56 Å². The molecule has 1 unspecified atom stereocenters. The average Bonchev–Trinajstić information content (AvgIpc) is 2.32. The van der Waals surface area contributed by atoms with Gasteiger partial charge in [-0.2, -0.15) is 0 Å². The maximum Gasteiger partial charge on any atom is 0.136 e. The maximum absolute atomic E-state index is 13.6. The van der Waals surface area contributed by atoms with Crippen molar-refractivity contribution in [1.29, 1.82) is 0 Å². The van der Waals surface area contributed by atoms with Gasteiger partial charge in [0.05, 0.1) is 11.7 Å². The van der Waals surface area contributed by atoms with E-state index in [1.165, 1.54) is 13.0 Å². The van der Waals surface area contributed by atoms with Crippen LogP contribution in [-0.2, 0) is 0 Å². The quantitative estimate of drug-likeness (QED) is 0.887. The second kappa shape index (κ2) is 5.19. The van der Waals surface area contributed by atoms with Crippen LogP contribution in [0, 0.1) is 12.7 Å². The molecule has 0 saturated heterocycles. The number of aliphatic hydroxyl groups excluding tert-OH is 1. The number of rotatable bonds is 3. The minimum atomic E-state index is -0.911. The summed E-state index contributed by atoms with van der Waals surface area (Å²) in [6.45, 7) is 3.49. The summed E-state index contributed by atoms with van der Waals surface area (Å²) in [7, 11) is 0. The lowest BCUT2D eigenvalue weighted by Gasteiger charge is -2.14. The Balaban J connectivity index is 2.34. The summed E-state index contributed by atoms with van der Waals surface area (Å²) in [6, 6.07) is 12.0. The summed E-state index contributed by atoms with van der Waals surface area (Å²) < 4.78 is 19.2. The standard InChI is InChI=1S/C15H15FO2/c1-10-6-8-12(9-7-10)18-14-5-3-4-13(16)15(14)11(2)17/h3-9,11,17H,1-2H3. The minimum absolute atomic E-state index is 0.179. The molecule has 2 aromatic rings. The highest BCUT2D eigenvalue weighted by molar-refractivity contribution is 5.40. The van der Waals surface area contributed by atoms with E-state index < -0.39 is 11.9 Å². The Morgan fingerprint density at radius 2 is 1.78 bits per heavy atom. The van der Waals surface area contributed by atoms with Crippen molar-refractivity contribution in [3.05, 3.63) is 59.4 Å². The van der Waals surface area contributed by atoms with E-state index in [1.807, 2.05) is 31.2 Å². The molecule has 0 bridgehead atoms. The summed E-state index contributed by atoms with van der Waals surface area (Å²) in [5, 5.41) is 9.59. The predicted octanol–water partition coefficient (Wildman–Crippen LogP) is 3.98. The Labute approximate surface area is 106 Å².